The van der Waals surface area contributed by atoms with E-state index in [9.17, 15) is 10.2 Å². The second-order valence-electron chi connectivity index (χ2n) is 5.13. The quantitative estimate of drug-likeness (QED) is 0.803. The molecule has 0 fully saturated rings. The van der Waals surface area contributed by atoms with E-state index in [1.54, 1.807) is 24.3 Å². The Balaban J connectivity index is 2.10. The van der Waals surface area contributed by atoms with Gasteiger partial charge in [0.15, 0.2) is 0 Å². The van der Waals surface area contributed by atoms with Crippen molar-refractivity contribution in [3.63, 3.8) is 0 Å². The van der Waals surface area contributed by atoms with Crippen LogP contribution in [0.1, 0.15) is 42.6 Å². The molecule has 2 rings (SSSR count). The largest absolute Gasteiger partial charge is 0.508 e. The summed E-state index contributed by atoms with van der Waals surface area (Å²) in [5, 5.41) is 31.3. The number of aromatic hydroxyl groups is 2. The van der Waals surface area contributed by atoms with Crippen LogP contribution in [-0.4, -0.2) is 10.2 Å². The summed E-state index contributed by atoms with van der Waals surface area (Å²) in [4.78, 5) is 0. The second-order valence-corrected chi connectivity index (χ2v) is 5.13. The molecule has 2 atom stereocenters. The van der Waals surface area contributed by atoms with Crippen molar-refractivity contribution >= 4 is 0 Å². The van der Waals surface area contributed by atoms with Crippen LogP contribution in [0.15, 0.2) is 42.5 Å². The maximum atomic E-state index is 9.53. The Morgan fingerprint density at radius 2 is 1.43 bits per heavy atom. The highest BCUT2D eigenvalue weighted by molar-refractivity contribution is 5.38. The van der Waals surface area contributed by atoms with Crippen molar-refractivity contribution in [3.05, 3.63) is 59.2 Å². The molecule has 4 nitrogen and oxygen atoms in total. The summed E-state index contributed by atoms with van der Waals surface area (Å²) in [6.07, 6.45) is 0. The summed E-state index contributed by atoms with van der Waals surface area (Å²) < 4.78 is 0. The van der Waals surface area contributed by atoms with Gasteiger partial charge >= 0.3 is 0 Å². The molecule has 0 heterocycles. The van der Waals surface area contributed by atoms with E-state index >= 15 is 0 Å². The van der Waals surface area contributed by atoms with Gasteiger partial charge in [-0.05, 0) is 49.2 Å². The van der Waals surface area contributed by atoms with Crippen molar-refractivity contribution < 1.29 is 10.2 Å². The van der Waals surface area contributed by atoms with Gasteiger partial charge in [-0.15, -0.1) is 0 Å². The molecule has 3 N–H and O–H groups in total. The first-order chi connectivity index (χ1) is 9.99. The molecule has 0 aliphatic carbocycles. The summed E-state index contributed by atoms with van der Waals surface area (Å²) in [7, 11) is 0. The minimum absolute atomic E-state index is 0.0337. The number of rotatable bonds is 4. The number of phenols is 2. The van der Waals surface area contributed by atoms with Crippen LogP contribution in [0.3, 0.4) is 0 Å². The molecule has 0 aliphatic rings. The molecule has 0 saturated heterocycles. The molecule has 2 aromatic rings. The van der Waals surface area contributed by atoms with Gasteiger partial charge in [0.25, 0.3) is 0 Å². The van der Waals surface area contributed by atoms with Crippen molar-refractivity contribution in [1.82, 2.24) is 5.32 Å². The highest BCUT2D eigenvalue weighted by Crippen LogP contribution is 2.26. The number of nitrogens with zero attached hydrogens (tertiary/aromatic N) is 1. The fourth-order valence-electron chi connectivity index (χ4n) is 2.28. The van der Waals surface area contributed by atoms with Crippen LogP contribution in [0, 0.1) is 11.3 Å². The van der Waals surface area contributed by atoms with E-state index in [2.05, 4.69) is 11.4 Å². The molecule has 0 radical (unpaired) electrons. The first-order valence-corrected chi connectivity index (χ1v) is 6.78. The Labute approximate surface area is 124 Å². The van der Waals surface area contributed by atoms with Crippen LogP contribution in [0.25, 0.3) is 0 Å². The normalized spacial score (nSPS) is 13.4. The second kappa shape index (κ2) is 6.29. The summed E-state index contributed by atoms with van der Waals surface area (Å²) in [6.45, 7) is 3.99. The van der Waals surface area contributed by atoms with Crippen LogP contribution in [0.5, 0.6) is 11.5 Å². The topological polar surface area (TPSA) is 76.3 Å². The molecular formula is C17H18N2O2. The molecular weight excluding hydrogens is 264 g/mol. The van der Waals surface area contributed by atoms with Crippen LogP contribution in [0.2, 0.25) is 0 Å². The van der Waals surface area contributed by atoms with Crippen LogP contribution in [0.4, 0.5) is 0 Å². The van der Waals surface area contributed by atoms with Crippen LogP contribution in [-0.2, 0) is 0 Å². The van der Waals surface area contributed by atoms with Gasteiger partial charge in [-0.2, -0.15) is 5.26 Å². The lowest BCUT2D eigenvalue weighted by atomic mass is 10.0. The van der Waals surface area contributed by atoms with E-state index < -0.39 is 0 Å². The summed E-state index contributed by atoms with van der Waals surface area (Å²) in [5.74, 6) is 0.0920. The third-order valence-electron chi connectivity index (χ3n) is 3.46. The first-order valence-electron chi connectivity index (χ1n) is 6.78. The molecule has 0 aromatic heterocycles. The van der Waals surface area contributed by atoms with Gasteiger partial charge in [-0.3, -0.25) is 0 Å². The van der Waals surface area contributed by atoms with Crippen molar-refractivity contribution in [2.24, 2.45) is 0 Å². The number of nitriles is 1. The number of benzene rings is 2. The van der Waals surface area contributed by atoms with Gasteiger partial charge in [-0.25, -0.2) is 0 Å². The molecule has 0 saturated carbocycles. The Hall–Kier alpha value is -2.51. The number of hydrogen-bond acceptors (Lipinski definition) is 4. The fourth-order valence-corrected chi connectivity index (χ4v) is 2.28. The molecule has 0 amide bonds. The monoisotopic (exact) mass is 282 g/mol. The van der Waals surface area contributed by atoms with Crippen molar-refractivity contribution in [2.45, 2.75) is 25.9 Å². The van der Waals surface area contributed by atoms with Crippen LogP contribution < -0.4 is 5.32 Å². The lowest BCUT2D eigenvalue weighted by Crippen LogP contribution is -2.22. The third-order valence-corrected chi connectivity index (χ3v) is 3.46. The van der Waals surface area contributed by atoms with Gasteiger partial charge in [0, 0.05) is 18.2 Å². The average molecular weight is 282 g/mol. The van der Waals surface area contributed by atoms with Crippen molar-refractivity contribution in [1.29, 1.82) is 5.26 Å². The smallest absolute Gasteiger partial charge is 0.119 e. The number of hydrogen-bond donors (Lipinski definition) is 3. The lowest BCUT2D eigenvalue weighted by molar-refractivity contribution is 0.442. The molecule has 2 unspecified atom stereocenters. The van der Waals surface area contributed by atoms with Gasteiger partial charge in [0.05, 0.1) is 11.6 Å². The van der Waals surface area contributed by atoms with Crippen LogP contribution >= 0.6 is 0 Å². The van der Waals surface area contributed by atoms with E-state index in [0.29, 0.717) is 5.56 Å². The highest BCUT2D eigenvalue weighted by atomic mass is 16.3. The zero-order chi connectivity index (χ0) is 15.4. The standard InChI is InChI=1S/C17H18N2O2/c1-11(14-5-3-13(10-18)4-6-14)19-12(2)15-7-16(20)9-17(21)8-15/h3-9,11-12,19-21H,1-2H3. The zero-order valence-corrected chi connectivity index (χ0v) is 12.0. The van der Waals surface area contributed by atoms with Crippen molar-refractivity contribution in [2.75, 3.05) is 0 Å². The third kappa shape index (κ3) is 3.74. The van der Waals surface area contributed by atoms with E-state index in [1.165, 1.54) is 6.07 Å². The van der Waals surface area contributed by atoms with Gasteiger partial charge in [-0.1, -0.05) is 12.1 Å². The summed E-state index contributed by atoms with van der Waals surface area (Å²) >= 11 is 0. The van der Waals surface area contributed by atoms with Gasteiger partial charge in [0.1, 0.15) is 11.5 Å². The minimum atomic E-state index is -0.0337. The number of nitrogens with one attached hydrogen (secondary N) is 1. The van der Waals surface area contributed by atoms with E-state index in [0.717, 1.165) is 11.1 Å². The Morgan fingerprint density at radius 3 is 1.95 bits per heavy atom. The fraction of sp³-hybridized carbons (Fsp3) is 0.235. The van der Waals surface area contributed by atoms with Crippen molar-refractivity contribution in [3.8, 4) is 17.6 Å². The molecule has 2 aromatic carbocycles. The lowest BCUT2D eigenvalue weighted by Gasteiger charge is -2.21. The summed E-state index contributed by atoms with van der Waals surface area (Å²) in [5.41, 5.74) is 2.52. The molecule has 4 heteroatoms. The predicted molar refractivity (Wildman–Crippen MR) is 80.9 cm³/mol. The number of phenolic OH excluding ortho intramolecular Hbond substituents is 2. The van der Waals surface area contributed by atoms with E-state index in [4.69, 9.17) is 5.26 Å². The maximum absolute atomic E-state index is 9.53. The van der Waals surface area contributed by atoms with Gasteiger partial charge < -0.3 is 15.5 Å². The molecule has 0 bridgehead atoms. The molecule has 21 heavy (non-hydrogen) atoms. The first kappa shape index (κ1) is 14.9. The van der Waals surface area contributed by atoms with Gasteiger partial charge in [0.2, 0.25) is 0 Å². The SMILES string of the molecule is CC(NC(C)c1cc(O)cc(O)c1)c1ccc(C#N)cc1. The Kier molecular flexibility index (Phi) is 4.46. The highest BCUT2D eigenvalue weighted by Gasteiger charge is 2.12. The average Bonchev–Trinajstić information content (AvgIpc) is 2.46. The molecule has 0 spiro atoms. The minimum Gasteiger partial charge on any atom is -0.508 e. The van der Waals surface area contributed by atoms with E-state index in [1.807, 2.05) is 26.0 Å². The van der Waals surface area contributed by atoms with E-state index in [-0.39, 0.29) is 23.6 Å². The maximum Gasteiger partial charge on any atom is 0.119 e. The molecule has 0 aliphatic heterocycles. The Morgan fingerprint density at radius 1 is 0.905 bits per heavy atom. The molecule has 108 valence electrons. The zero-order valence-electron chi connectivity index (χ0n) is 12.0. The summed E-state index contributed by atoms with van der Waals surface area (Å²) in [6, 6.07) is 14.1. The predicted octanol–water partition coefficient (Wildman–Crippen LogP) is 3.38. The Bertz CT molecular complexity index is 639.